The topological polar surface area (TPSA) is 58.3 Å². The number of aliphatic hydroxyl groups excluding tert-OH is 1. The second kappa shape index (κ2) is 3.89. The first-order valence-electron chi connectivity index (χ1n) is 5.70. The molecular weight excluding hydrogens is 216 g/mol. The van der Waals surface area contributed by atoms with Crippen molar-refractivity contribution in [2.24, 2.45) is 0 Å². The van der Waals surface area contributed by atoms with Gasteiger partial charge in [-0.25, -0.2) is 0 Å². The summed E-state index contributed by atoms with van der Waals surface area (Å²) in [7, 11) is 0. The van der Waals surface area contributed by atoms with Crippen LogP contribution in [0.25, 0.3) is 0 Å². The third-order valence-corrected chi connectivity index (χ3v) is 3.14. The first-order valence-corrected chi connectivity index (χ1v) is 5.70. The van der Waals surface area contributed by atoms with Gasteiger partial charge in [0.1, 0.15) is 5.76 Å². The zero-order valence-electron chi connectivity index (χ0n) is 9.55. The SMILES string of the molecule is Cc1cc(N[C@@H]2c3ccccc3C[C@H]2O)no1. The van der Waals surface area contributed by atoms with Gasteiger partial charge in [-0.1, -0.05) is 29.4 Å². The minimum absolute atomic E-state index is 0.101. The molecule has 1 aromatic carbocycles. The lowest BCUT2D eigenvalue weighted by atomic mass is 10.1. The molecule has 2 N–H and O–H groups in total. The van der Waals surface area contributed by atoms with E-state index in [1.807, 2.05) is 37.3 Å². The number of hydrogen-bond donors (Lipinski definition) is 2. The summed E-state index contributed by atoms with van der Waals surface area (Å²) >= 11 is 0. The number of aryl methyl sites for hydroxylation is 1. The van der Waals surface area contributed by atoms with Crippen molar-refractivity contribution in [3.05, 3.63) is 47.2 Å². The van der Waals surface area contributed by atoms with E-state index in [-0.39, 0.29) is 6.04 Å². The molecule has 0 saturated heterocycles. The van der Waals surface area contributed by atoms with Gasteiger partial charge in [-0.3, -0.25) is 0 Å². The highest BCUT2D eigenvalue weighted by molar-refractivity contribution is 5.44. The molecule has 2 atom stereocenters. The molecule has 2 aromatic rings. The highest BCUT2D eigenvalue weighted by atomic mass is 16.5. The van der Waals surface area contributed by atoms with Crippen LogP contribution < -0.4 is 5.32 Å². The molecule has 17 heavy (non-hydrogen) atoms. The fourth-order valence-corrected chi connectivity index (χ4v) is 2.34. The second-order valence-electron chi connectivity index (χ2n) is 4.42. The van der Waals surface area contributed by atoms with E-state index in [0.29, 0.717) is 12.2 Å². The average molecular weight is 230 g/mol. The summed E-state index contributed by atoms with van der Waals surface area (Å²) in [6.07, 6.45) is 0.273. The number of fused-ring (bicyclic) bond motifs is 1. The fourth-order valence-electron chi connectivity index (χ4n) is 2.34. The Morgan fingerprint density at radius 3 is 3.00 bits per heavy atom. The Bertz CT molecular complexity index is 536. The molecule has 1 aliphatic rings. The van der Waals surface area contributed by atoms with Crippen LogP contribution in [0, 0.1) is 6.92 Å². The highest BCUT2D eigenvalue weighted by Crippen LogP contribution is 2.33. The Hall–Kier alpha value is -1.81. The lowest BCUT2D eigenvalue weighted by molar-refractivity contribution is 0.165. The van der Waals surface area contributed by atoms with Crippen LogP contribution in [-0.4, -0.2) is 16.4 Å². The van der Waals surface area contributed by atoms with Gasteiger partial charge in [0, 0.05) is 12.5 Å². The Morgan fingerprint density at radius 2 is 2.24 bits per heavy atom. The van der Waals surface area contributed by atoms with Crippen molar-refractivity contribution in [3.8, 4) is 0 Å². The summed E-state index contributed by atoms with van der Waals surface area (Å²) in [5.41, 5.74) is 2.33. The number of benzene rings is 1. The molecule has 3 rings (SSSR count). The fraction of sp³-hybridized carbons (Fsp3) is 0.308. The third kappa shape index (κ3) is 1.80. The summed E-state index contributed by atoms with van der Waals surface area (Å²) in [5.74, 6) is 1.43. The Morgan fingerprint density at radius 1 is 1.41 bits per heavy atom. The molecule has 1 heterocycles. The molecule has 0 unspecified atom stereocenters. The lowest BCUT2D eigenvalue weighted by Crippen LogP contribution is -2.21. The van der Waals surface area contributed by atoms with Crippen LogP contribution in [0.4, 0.5) is 5.82 Å². The van der Waals surface area contributed by atoms with Crippen LogP contribution in [0.1, 0.15) is 22.9 Å². The van der Waals surface area contributed by atoms with Gasteiger partial charge in [0.15, 0.2) is 5.82 Å². The Labute approximate surface area is 99.3 Å². The van der Waals surface area contributed by atoms with E-state index in [4.69, 9.17) is 4.52 Å². The van der Waals surface area contributed by atoms with E-state index in [1.54, 1.807) is 0 Å². The maximum Gasteiger partial charge on any atom is 0.170 e. The molecule has 88 valence electrons. The van der Waals surface area contributed by atoms with Crippen LogP contribution >= 0.6 is 0 Å². The van der Waals surface area contributed by atoms with Crippen molar-refractivity contribution < 1.29 is 9.63 Å². The number of aliphatic hydroxyl groups is 1. The molecule has 0 radical (unpaired) electrons. The first-order chi connectivity index (χ1) is 8.24. The maximum absolute atomic E-state index is 10.1. The second-order valence-corrected chi connectivity index (χ2v) is 4.42. The monoisotopic (exact) mass is 230 g/mol. The molecule has 0 fully saturated rings. The number of hydrogen-bond acceptors (Lipinski definition) is 4. The van der Waals surface area contributed by atoms with Crippen LogP contribution in [-0.2, 0) is 6.42 Å². The van der Waals surface area contributed by atoms with Gasteiger partial charge in [-0.15, -0.1) is 0 Å². The predicted molar refractivity (Wildman–Crippen MR) is 63.8 cm³/mol. The van der Waals surface area contributed by atoms with Gasteiger partial charge >= 0.3 is 0 Å². The minimum atomic E-state index is -0.413. The standard InChI is InChI=1S/C13H14N2O2/c1-8-6-12(15-17-8)14-13-10-5-3-2-4-9(10)7-11(13)16/h2-6,11,13,16H,7H2,1H3,(H,14,15)/t11-,13-/m1/s1. The summed E-state index contributed by atoms with van der Waals surface area (Å²) in [4.78, 5) is 0. The van der Waals surface area contributed by atoms with E-state index in [1.165, 1.54) is 5.56 Å². The lowest BCUT2D eigenvalue weighted by Gasteiger charge is -2.16. The summed E-state index contributed by atoms with van der Waals surface area (Å²) < 4.78 is 5.00. The van der Waals surface area contributed by atoms with E-state index < -0.39 is 6.10 Å². The van der Waals surface area contributed by atoms with Gasteiger partial charge in [-0.05, 0) is 18.1 Å². The molecule has 4 heteroatoms. The molecule has 1 aliphatic carbocycles. The Kier molecular flexibility index (Phi) is 2.37. The van der Waals surface area contributed by atoms with Crippen molar-refractivity contribution in [1.82, 2.24) is 5.16 Å². The van der Waals surface area contributed by atoms with Gasteiger partial charge in [0.05, 0.1) is 12.1 Å². The predicted octanol–water partition coefficient (Wildman–Crippen LogP) is 2.05. The number of aromatic nitrogens is 1. The normalized spacial score (nSPS) is 22.5. The minimum Gasteiger partial charge on any atom is -0.390 e. The van der Waals surface area contributed by atoms with Gasteiger partial charge < -0.3 is 14.9 Å². The van der Waals surface area contributed by atoms with E-state index >= 15 is 0 Å². The van der Waals surface area contributed by atoms with Crippen LogP contribution in [0.3, 0.4) is 0 Å². The number of nitrogens with zero attached hydrogens (tertiary/aromatic N) is 1. The summed E-state index contributed by atoms with van der Waals surface area (Å²) in [6, 6.07) is 9.79. The molecule has 0 amide bonds. The van der Waals surface area contributed by atoms with Gasteiger partial charge in [-0.2, -0.15) is 0 Å². The van der Waals surface area contributed by atoms with Crippen molar-refractivity contribution in [1.29, 1.82) is 0 Å². The molecule has 0 spiro atoms. The highest BCUT2D eigenvalue weighted by Gasteiger charge is 2.31. The van der Waals surface area contributed by atoms with Crippen LogP contribution in [0.5, 0.6) is 0 Å². The number of anilines is 1. The molecule has 0 aliphatic heterocycles. The zero-order valence-corrected chi connectivity index (χ0v) is 9.55. The summed E-state index contributed by atoms with van der Waals surface area (Å²) in [5, 5.41) is 17.2. The van der Waals surface area contributed by atoms with E-state index in [0.717, 1.165) is 11.3 Å². The number of rotatable bonds is 2. The van der Waals surface area contributed by atoms with Crippen LogP contribution in [0.15, 0.2) is 34.9 Å². The molecule has 0 saturated carbocycles. The number of nitrogens with one attached hydrogen (secondary N) is 1. The van der Waals surface area contributed by atoms with E-state index in [9.17, 15) is 5.11 Å². The first kappa shape index (κ1) is 10.4. The molecule has 1 aromatic heterocycles. The van der Waals surface area contributed by atoms with Crippen molar-refractivity contribution >= 4 is 5.82 Å². The maximum atomic E-state index is 10.1. The smallest absolute Gasteiger partial charge is 0.170 e. The molecule has 4 nitrogen and oxygen atoms in total. The van der Waals surface area contributed by atoms with Crippen molar-refractivity contribution in [2.75, 3.05) is 5.32 Å². The van der Waals surface area contributed by atoms with Crippen molar-refractivity contribution in [2.45, 2.75) is 25.5 Å². The van der Waals surface area contributed by atoms with Gasteiger partial charge in [0.2, 0.25) is 0 Å². The quantitative estimate of drug-likeness (QED) is 0.829. The molecular formula is C13H14N2O2. The zero-order chi connectivity index (χ0) is 11.8. The van der Waals surface area contributed by atoms with E-state index in [2.05, 4.69) is 10.5 Å². The Balaban J connectivity index is 1.88. The van der Waals surface area contributed by atoms with Crippen LogP contribution in [0.2, 0.25) is 0 Å². The van der Waals surface area contributed by atoms with Gasteiger partial charge in [0.25, 0.3) is 0 Å². The molecule has 0 bridgehead atoms. The summed E-state index contributed by atoms with van der Waals surface area (Å²) in [6.45, 7) is 1.84. The third-order valence-electron chi connectivity index (χ3n) is 3.14. The van der Waals surface area contributed by atoms with Crippen molar-refractivity contribution in [3.63, 3.8) is 0 Å². The largest absolute Gasteiger partial charge is 0.390 e. The average Bonchev–Trinajstić information content (AvgIpc) is 2.85.